The van der Waals surface area contributed by atoms with Crippen molar-refractivity contribution in [1.29, 1.82) is 0 Å². The third-order valence-corrected chi connectivity index (χ3v) is 2.44. The Morgan fingerprint density at radius 2 is 1.88 bits per heavy atom. The highest BCUT2D eigenvalue weighted by Gasteiger charge is 2.08. The number of carbonyl (C=O) groups excluding carboxylic acids is 1. The number of aliphatic hydroxyl groups is 2. The monoisotopic (exact) mass is 223 g/mol. The summed E-state index contributed by atoms with van der Waals surface area (Å²) in [6.45, 7) is 2.93. The van der Waals surface area contributed by atoms with Crippen molar-refractivity contribution in [3.8, 4) is 0 Å². The Bertz CT molecular complexity index is 346. The molecule has 0 spiro atoms. The molecule has 0 saturated heterocycles. The molecule has 1 aromatic carbocycles. The molecule has 0 aliphatic rings. The summed E-state index contributed by atoms with van der Waals surface area (Å²) in [6, 6.07) is 5.37. The first-order chi connectivity index (χ1) is 7.72. The van der Waals surface area contributed by atoms with E-state index in [4.69, 9.17) is 10.2 Å². The van der Waals surface area contributed by atoms with E-state index >= 15 is 0 Å². The highest BCUT2D eigenvalue weighted by atomic mass is 16.3. The molecule has 0 bridgehead atoms. The predicted molar refractivity (Wildman–Crippen MR) is 63.0 cm³/mol. The Kier molecular flexibility index (Phi) is 4.95. The number of benzene rings is 1. The van der Waals surface area contributed by atoms with Crippen LogP contribution in [0.25, 0.3) is 0 Å². The van der Waals surface area contributed by atoms with Crippen molar-refractivity contribution in [2.24, 2.45) is 0 Å². The number of aliphatic hydroxyl groups excluding tert-OH is 2. The lowest BCUT2D eigenvalue weighted by atomic mass is 10.1. The van der Waals surface area contributed by atoms with Gasteiger partial charge in [-0.15, -0.1) is 0 Å². The van der Waals surface area contributed by atoms with Gasteiger partial charge in [0.05, 0.1) is 13.2 Å². The number of rotatable bonds is 6. The fourth-order valence-electron chi connectivity index (χ4n) is 1.70. The van der Waals surface area contributed by atoms with Crippen LogP contribution < -0.4 is 4.90 Å². The quantitative estimate of drug-likeness (QED) is 0.693. The second kappa shape index (κ2) is 6.25. The van der Waals surface area contributed by atoms with Crippen LogP contribution in [0.3, 0.4) is 0 Å². The standard InChI is InChI=1S/C12H17NO3/c1-10-8-11(9-16)2-3-12(10)13(4-6-14)5-7-15/h2-3,8-9,14-15H,4-7H2,1H3. The molecule has 0 aliphatic heterocycles. The van der Waals surface area contributed by atoms with Gasteiger partial charge in [-0.1, -0.05) is 0 Å². The van der Waals surface area contributed by atoms with Gasteiger partial charge in [0.25, 0.3) is 0 Å². The zero-order valence-corrected chi connectivity index (χ0v) is 9.39. The van der Waals surface area contributed by atoms with Crippen LogP contribution in [0, 0.1) is 6.92 Å². The lowest BCUT2D eigenvalue weighted by molar-refractivity contribution is 0.112. The van der Waals surface area contributed by atoms with Crippen molar-refractivity contribution < 1.29 is 15.0 Å². The fraction of sp³-hybridized carbons (Fsp3) is 0.417. The van der Waals surface area contributed by atoms with E-state index in [9.17, 15) is 4.79 Å². The van der Waals surface area contributed by atoms with E-state index in [1.807, 2.05) is 17.9 Å². The van der Waals surface area contributed by atoms with E-state index in [2.05, 4.69) is 0 Å². The summed E-state index contributed by atoms with van der Waals surface area (Å²) in [4.78, 5) is 12.5. The Morgan fingerprint density at radius 1 is 1.25 bits per heavy atom. The van der Waals surface area contributed by atoms with E-state index in [-0.39, 0.29) is 13.2 Å². The molecule has 0 unspecified atom stereocenters. The summed E-state index contributed by atoms with van der Waals surface area (Å²) in [7, 11) is 0. The molecule has 0 radical (unpaired) electrons. The van der Waals surface area contributed by atoms with Gasteiger partial charge >= 0.3 is 0 Å². The molecule has 0 saturated carbocycles. The van der Waals surface area contributed by atoms with Crippen LogP contribution in [0.2, 0.25) is 0 Å². The molecule has 0 aliphatic carbocycles. The summed E-state index contributed by atoms with van der Waals surface area (Å²) in [6.07, 6.45) is 0.805. The van der Waals surface area contributed by atoms with Gasteiger partial charge in [0.2, 0.25) is 0 Å². The van der Waals surface area contributed by atoms with Gasteiger partial charge in [0, 0.05) is 24.3 Å². The van der Waals surface area contributed by atoms with Crippen LogP contribution in [0.15, 0.2) is 18.2 Å². The number of aldehydes is 1. The van der Waals surface area contributed by atoms with Gasteiger partial charge in [0.15, 0.2) is 0 Å². The van der Waals surface area contributed by atoms with Gasteiger partial charge in [-0.2, -0.15) is 0 Å². The maximum absolute atomic E-state index is 10.6. The Hall–Kier alpha value is -1.39. The summed E-state index contributed by atoms with van der Waals surface area (Å²) in [5.41, 5.74) is 2.54. The van der Waals surface area contributed by atoms with E-state index in [0.717, 1.165) is 17.5 Å². The molecular weight excluding hydrogens is 206 g/mol. The van der Waals surface area contributed by atoms with Crippen LogP contribution in [0.4, 0.5) is 5.69 Å². The zero-order chi connectivity index (χ0) is 12.0. The minimum Gasteiger partial charge on any atom is -0.395 e. The summed E-state index contributed by atoms with van der Waals surface area (Å²) in [5.74, 6) is 0. The van der Waals surface area contributed by atoms with Gasteiger partial charge < -0.3 is 15.1 Å². The molecule has 1 rings (SSSR count). The fourth-order valence-corrected chi connectivity index (χ4v) is 1.70. The summed E-state index contributed by atoms with van der Waals surface area (Å²) < 4.78 is 0. The van der Waals surface area contributed by atoms with Gasteiger partial charge in [-0.25, -0.2) is 0 Å². The molecular formula is C12H17NO3. The third-order valence-electron chi connectivity index (χ3n) is 2.44. The van der Waals surface area contributed by atoms with Crippen molar-refractivity contribution in [3.05, 3.63) is 29.3 Å². The Balaban J connectivity index is 2.94. The second-order valence-electron chi connectivity index (χ2n) is 3.60. The van der Waals surface area contributed by atoms with E-state index < -0.39 is 0 Å². The van der Waals surface area contributed by atoms with Gasteiger partial charge in [-0.05, 0) is 30.7 Å². The van der Waals surface area contributed by atoms with Crippen LogP contribution in [0.5, 0.6) is 0 Å². The number of carbonyl (C=O) groups is 1. The van der Waals surface area contributed by atoms with Crippen molar-refractivity contribution in [1.82, 2.24) is 0 Å². The first-order valence-electron chi connectivity index (χ1n) is 5.25. The molecule has 0 heterocycles. The molecule has 88 valence electrons. The maximum atomic E-state index is 10.6. The lowest BCUT2D eigenvalue weighted by Crippen LogP contribution is -2.30. The minimum absolute atomic E-state index is 0.0366. The lowest BCUT2D eigenvalue weighted by Gasteiger charge is -2.24. The summed E-state index contributed by atoms with van der Waals surface area (Å²) in [5, 5.41) is 17.9. The minimum atomic E-state index is 0.0366. The first kappa shape index (κ1) is 12.7. The number of aryl methyl sites for hydroxylation is 1. The molecule has 4 heteroatoms. The summed E-state index contributed by atoms with van der Waals surface area (Å²) >= 11 is 0. The highest BCUT2D eigenvalue weighted by molar-refractivity contribution is 5.76. The number of nitrogens with zero attached hydrogens (tertiary/aromatic N) is 1. The SMILES string of the molecule is Cc1cc(C=O)ccc1N(CCO)CCO. The van der Waals surface area contributed by atoms with Gasteiger partial charge in [-0.3, -0.25) is 4.79 Å². The molecule has 16 heavy (non-hydrogen) atoms. The Morgan fingerprint density at radius 3 is 2.31 bits per heavy atom. The first-order valence-corrected chi connectivity index (χ1v) is 5.25. The molecule has 0 atom stereocenters. The Labute approximate surface area is 95.1 Å². The molecule has 0 aromatic heterocycles. The largest absolute Gasteiger partial charge is 0.395 e. The average Bonchev–Trinajstić information content (AvgIpc) is 2.29. The number of anilines is 1. The third kappa shape index (κ3) is 3.05. The van der Waals surface area contributed by atoms with Crippen molar-refractivity contribution in [2.75, 3.05) is 31.2 Å². The normalized spacial score (nSPS) is 10.2. The molecule has 2 N–H and O–H groups in total. The highest BCUT2D eigenvalue weighted by Crippen LogP contribution is 2.20. The predicted octanol–water partition coefficient (Wildman–Crippen LogP) is 0.599. The van der Waals surface area contributed by atoms with Crippen LogP contribution in [-0.2, 0) is 0 Å². The van der Waals surface area contributed by atoms with Gasteiger partial charge in [0.1, 0.15) is 6.29 Å². The van der Waals surface area contributed by atoms with Crippen LogP contribution >= 0.6 is 0 Å². The van der Waals surface area contributed by atoms with E-state index in [1.165, 1.54) is 0 Å². The van der Waals surface area contributed by atoms with Crippen molar-refractivity contribution in [3.63, 3.8) is 0 Å². The average molecular weight is 223 g/mol. The number of hydrogen-bond donors (Lipinski definition) is 2. The van der Waals surface area contributed by atoms with E-state index in [1.54, 1.807) is 12.1 Å². The maximum Gasteiger partial charge on any atom is 0.150 e. The smallest absolute Gasteiger partial charge is 0.150 e. The molecule has 0 fully saturated rings. The van der Waals surface area contributed by atoms with Crippen LogP contribution in [0.1, 0.15) is 15.9 Å². The molecule has 0 amide bonds. The van der Waals surface area contributed by atoms with E-state index in [0.29, 0.717) is 18.7 Å². The topological polar surface area (TPSA) is 60.8 Å². The second-order valence-corrected chi connectivity index (χ2v) is 3.60. The van der Waals surface area contributed by atoms with Crippen LogP contribution in [-0.4, -0.2) is 42.8 Å². The zero-order valence-electron chi connectivity index (χ0n) is 9.39. The molecule has 1 aromatic rings. The molecule has 4 nitrogen and oxygen atoms in total. The van der Waals surface area contributed by atoms with Crippen molar-refractivity contribution in [2.45, 2.75) is 6.92 Å². The number of hydrogen-bond acceptors (Lipinski definition) is 4. The van der Waals surface area contributed by atoms with Crippen molar-refractivity contribution >= 4 is 12.0 Å².